The quantitative estimate of drug-likeness (QED) is 0.152. The molecule has 272 valence electrons. The summed E-state index contributed by atoms with van der Waals surface area (Å²) in [5.41, 5.74) is 16.5. The predicted octanol–water partition coefficient (Wildman–Crippen LogP) is 13.6. The number of aliphatic imine (C=N–C) groups is 1. The van der Waals surface area contributed by atoms with E-state index in [1.54, 1.807) is 0 Å². The second-order valence-electron chi connectivity index (χ2n) is 15.9. The van der Waals surface area contributed by atoms with E-state index in [0.717, 1.165) is 37.8 Å². The molecule has 56 heavy (non-hydrogen) atoms. The zero-order valence-electron chi connectivity index (χ0n) is 31.7. The lowest BCUT2D eigenvalue weighted by Gasteiger charge is -2.26. The molecule has 2 aromatic heterocycles. The summed E-state index contributed by atoms with van der Waals surface area (Å²) in [6, 6.07) is 43.2. The Kier molecular flexibility index (Phi) is 8.19. The number of nitrogens with zero attached hydrogens (tertiary/aromatic N) is 3. The molecule has 4 aliphatic rings. The lowest BCUT2D eigenvalue weighted by Crippen LogP contribution is -2.20. The largest absolute Gasteiger partial charge is 0.313 e. The molecule has 0 N–H and O–H groups in total. The summed E-state index contributed by atoms with van der Waals surface area (Å²) >= 11 is 0. The first kappa shape index (κ1) is 33.2. The van der Waals surface area contributed by atoms with Crippen LogP contribution in [-0.4, -0.2) is 20.9 Å². The molecule has 0 bridgehead atoms. The Labute approximate surface area is 329 Å². The molecule has 2 atom stereocenters. The van der Waals surface area contributed by atoms with E-state index in [-0.39, 0.29) is 6.04 Å². The number of allylic oxidation sites excluding steroid dienone is 6. The van der Waals surface area contributed by atoms with E-state index in [9.17, 15) is 0 Å². The Balaban J connectivity index is 1.05. The van der Waals surface area contributed by atoms with Gasteiger partial charge in [-0.2, -0.15) is 0 Å². The van der Waals surface area contributed by atoms with Crippen LogP contribution in [0.5, 0.6) is 0 Å². The Morgan fingerprint density at radius 2 is 1.45 bits per heavy atom. The summed E-state index contributed by atoms with van der Waals surface area (Å²) in [6.45, 7) is 0. The number of aryl methyl sites for hydroxylation is 1. The van der Waals surface area contributed by atoms with Crippen LogP contribution in [0.2, 0.25) is 0 Å². The fourth-order valence-electron chi connectivity index (χ4n) is 9.80. The SMILES string of the molecule is C1=CC(C2CC(n3c4c(c5ccc(-c6ccc7c(c6)c6ccccc6n7-c6cccc(C7C=CCCC7)c6)cc53)CCC=C4)=CC(c3ccccc3)=N2)=CCC1. The van der Waals surface area contributed by atoms with Gasteiger partial charge in [0.1, 0.15) is 0 Å². The molecule has 1 aliphatic heterocycles. The number of fused-ring (bicyclic) bond motifs is 6. The summed E-state index contributed by atoms with van der Waals surface area (Å²) in [7, 11) is 0. The standard InChI is InChI=1S/C53H45N3/c1-4-15-36(16-5-1)39-21-14-22-42(31-39)55-51-26-13-11-24-45(51)47-32-40(28-30-52(47)55)41-27-29-46-44-23-10-12-25-50(44)56(53(46)33-41)43-34-48(37-17-6-2-7-18-37)54-49(35-43)38-19-8-3-9-20-38/h2,4,6-8,11-15,17-22,24-34,36,49H,1,3,5,9-10,16,23,35H2. The molecular formula is C53H45N3. The van der Waals surface area contributed by atoms with Crippen LogP contribution in [0, 0.1) is 0 Å². The molecule has 2 unspecified atom stereocenters. The van der Waals surface area contributed by atoms with Gasteiger partial charge in [0.2, 0.25) is 0 Å². The third kappa shape index (κ3) is 5.68. The van der Waals surface area contributed by atoms with Gasteiger partial charge in [0.05, 0.1) is 28.3 Å². The summed E-state index contributed by atoms with van der Waals surface area (Å²) in [6.07, 6.45) is 27.7. The minimum Gasteiger partial charge on any atom is -0.313 e. The number of dihydropyridines is 1. The van der Waals surface area contributed by atoms with Crippen LogP contribution >= 0.6 is 0 Å². The lowest BCUT2D eigenvalue weighted by atomic mass is 9.89. The third-order valence-corrected chi connectivity index (χ3v) is 12.5. The van der Waals surface area contributed by atoms with Gasteiger partial charge in [0, 0.05) is 45.6 Å². The molecule has 0 spiro atoms. The van der Waals surface area contributed by atoms with Crippen molar-refractivity contribution in [2.24, 2.45) is 4.99 Å². The molecule has 3 heteroatoms. The van der Waals surface area contributed by atoms with Crippen LogP contribution in [0.4, 0.5) is 0 Å². The highest BCUT2D eigenvalue weighted by molar-refractivity contribution is 6.13. The monoisotopic (exact) mass is 723 g/mol. The maximum atomic E-state index is 5.38. The summed E-state index contributed by atoms with van der Waals surface area (Å²) in [5.74, 6) is 0.493. The van der Waals surface area contributed by atoms with Crippen molar-refractivity contribution in [1.29, 1.82) is 0 Å². The van der Waals surface area contributed by atoms with E-state index < -0.39 is 0 Å². The molecule has 5 aromatic carbocycles. The van der Waals surface area contributed by atoms with Crippen molar-refractivity contribution in [2.45, 2.75) is 63.3 Å². The van der Waals surface area contributed by atoms with Gasteiger partial charge in [-0.1, -0.05) is 115 Å². The van der Waals surface area contributed by atoms with Crippen molar-refractivity contribution in [3.8, 4) is 16.8 Å². The molecule has 7 aromatic rings. The topological polar surface area (TPSA) is 22.2 Å². The van der Waals surface area contributed by atoms with Crippen molar-refractivity contribution in [3.05, 3.63) is 186 Å². The van der Waals surface area contributed by atoms with Gasteiger partial charge in [0.25, 0.3) is 0 Å². The smallest absolute Gasteiger partial charge is 0.0808 e. The van der Waals surface area contributed by atoms with E-state index in [2.05, 4.69) is 173 Å². The number of para-hydroxylation sites is 1. The number of hydrogen-bond donors (Lipinski definition) is 0. The average molecular weight is 724 g/mol. The average Bonchev–Trinajstić information content (AvgIpc) is 3.79. The highest BCUT2D eigenvalue weighted by Gasteiger charge is 2.27. The Hall–Kier alpha value is -6.19. The Bertz CT molecular complexity index is 2870. The number of aromatic nitrogens is 2. The molecule has 0 saturated heterocycles. The predicted molar refractivity (Wildman–Crippen MR) is 237 cm³/mol. The van der Waals surface area contributed by atoms with Crippen LogP contribution < -0.4 is 0 Å². The van der Waals surface area contributed by atoms with Crippen molar-refractivity contribution in [3.63, 3.8) is 0 Å². The van der Waals surface area contributed by atoms with Gasteiger partial charge in [-0.25, -0.2) is 0 Å². The third-order valence-electron chi connectivity index (χ3n) is 12.5. The first-order valence-corrected chi connectivity index (χ1v) is 20.6. The number of benzene rings is 5. The van der Waals surface area contributed by atoms with Crippen LogP contribution in [0.3, 0.4) is 0 Å². The van der Waals surface area contributed by atoms with E-state index in [1.165, 1.54) is 102 Å². The second kappa shape index (κ2) is 13.8. The van der Waals surface area contributed by atoms with Crippen molar-refractivity contribution < 1.29 is 0 Å². The lowest BCUT2D eigenvalue weighted by molar-refractivity contribution is 0.654. The van der Waals surface area contributed by atoms with Crippen molar-refractivity contribution in [2.75, 3.05) is 0 Å². The molecule has 0 radical (unpaired) electrons. The highest BCUT2D eigenvalue weighted by Crippen LogP contribution is 2.41. The van der Waals surface area contributed by atoms with Gasteiger partial charge in [-0.3, -0.25) is 4.99 Å². The normalized spacial score (nSPS) is 19.3. The molecule has 3 aliphatic carbocycles. The number of rotatable bonds is 6. The molecule has 3 nitrogen and oxygen atoms in total. The molecule has 3 heterocycles. The van der Waals surface area contributed by atoms with Crippen LogP contribution in [0.15, 0.2) is 168 Å². The maximum Gasteiger partial charge on any atom is 0.0808 e. The summed E-state index contributed by atoms with van der Waals surface area (Å²) < 4.78 is 5.04. The van der Waals surface area contributed by atoms with E-state index in [1.807, 2.05) is 0 Å². The molecule has 0 saturated carbocycles. The Morgan fingerprint density at radius 3 is 2.34 bits per heavy atom. The fourth-order valence-corrected chi connectivity index (χ4v) is 9.80. The van der Waals surface area contributed by atoms with Crippen LogP contribution in [0.1, 0.15) is 73.2 Å². The van der Waals surface area contributed by atoms with E-state index in [0.29, 0.717) is 5.92 Å². The van der Waals surface area contributed by atoms with Crippen molar-refractivity contribution in [1.82, 2.24) is 9.13 Å². The first-order chi connectivity index (χ1) is 27.8. The van der Waals surface area contributed by atoms with Gasteiger partial charge < -0.3 is 9.13 Å². The second-order valence-corrected chi connectivity index (χ2v) is 15.9. The molecule has 0 amide bonds. The van der Waals surface area contributed by atoms with E-state index >= 15 is 0 Å². The van der Waals surface area contributed by atoms with Crippen LogP contribution in [0.25, 0.3) is 61.3 Å². The van der Waals surface area contributed by atoms with Gasteiger partial charge >= 0.3 is 0 Å². The number of hydrogen-bond acceptors (Lipinski definition) is 1. The fraction of sp³-hybridized carbons (Fsp3) is 0.189. The molecule has 0 fully saturated rings. The summed E-state index contributed by atoms with van der Waals surface area (Å²) in [5, 5.41) is 3.93. The molecular weight excluding hydrogens is 679 g/mol. The zero-order chi connectivity index (χ0) is 37.0. The van der Waals surface area contributed by atoms with Gasteiger partial charge in [-0.15, -0.1) is 0 Å². The highest BCUT2D eigenvalue weighted by atomic mass is 15.0. The summed E-state index contributed by atoms with van der Waals surface area (Å²) in [4.78, 5) is 5.38. The van der Waals surface area contributed by atoms with Crippen molar-refractivity contribution >= 4 is 50.2 Å². The van der Waals surface area contributed by atoms with Crippen LogP contribution in [-0.2, 0) is 6.42 Å². The van der Waals surface area contributed by atoms with E-state index in [4.69, 9.17) is 4.99 Å². The maximum absolute atomic E-state index is 5.38. The minimum atomic E-state index is 0.0881. The molecule has 11 rings (SSSR count). The van der Waals surface area contributed by atoms with Gasteiger partial charge in [-0.05, 0) is 127 Å². The zero-order valence-corrected chi connectivity index (χ0v) is 31.7. The Morgan fingerprint density at radius 1 is 0.589 bits per heavy atom. The van der Waals surface area contributed by atoms with Gasteiger partial charge in [0.15, 0.2) is 0 Å². The minimum absolute atomic E-state index is 0.0881. The first-order valence-electron chi connectivity index (χ1n) is 20.6.